The van der Waals surface area contributed by atoms with Crippen molar-refractivity contribution in [1.82, 2.24) is 4.98 Å². The number of allylic oxidation sites excluding steroid dienone is 1. The largest absolute Gasteiger partial charge is 0.503 e. The first-order chi connectivity index (χ1) is 19.0. The van der Waals surface area contributed by atoms with E-state index in [1.54, 1.807) is 19.3 Å². The van der Waals surface area contributed by atoms with E-state index in [4.69, 9.17) is 9.47 Å². The van der Waals surface area contributed by atoms with Crippen LogP contribution in [0.5, 0.6) is 11.5 Å². The van der Waals surface area contributed by atoms with Gasteiger partial charge in [0.15, 0.2) is 16.7 Å². The van der Waals surface area contributed by atoms with Crippen molar-refractivity contribution < 1.29 is 24.2 Å². The first kappa shape index (κ1) is 26.2. The predicted molar refractivity (Wildman–Crippen MR) is 153 cm³/mol. The van der Waals surface area contributed by atoms with E-state index in [0.29, 0.717) is 34.3 Å². The number of hydrogen-bond acceptors (Lipinski definition) is 7. The standard InChI is InChI=1S/C31H28N2O5S/c1-3-4-18-38-22-13-11-21(12-14-22)28-27(25(34)17-10-20-8-6-5-7-9-20)29(35)30(36)33(28)31-32-24-16-15-23(37-2)19-26(24)39-31/h5-17,19,28,35H,3-4,18H2,1-2H3/b17-10+. The highest BCUT2D eigenvalue weighted by atomic mass is 32.1. The number of aliphatic hydroxyl groups is 1. The second kappa shape index (κ2) is 11.5. The summed E-state index contributed by atoms with van der Waals surface area (Å²) in [5.74, 6) is -0.347. The van der Waals surface area contributed by atoms with Crippen LogP contribution in [0.1, 0.15) is 36.9 Å². The van der Waals surface area contributed by atoms with Gasteiger partial charge in [0.1, 0.15) is 11.5 Å². The molecule has 5 rings (SSSR count). The molecule has 8 heteroatoms. The number of carbonyl (C=O) groups is 2. The predicted octanol–water partition coefficient (Wildman–Crippen LogP) is 6.67. The van der Waals surface area contributed by atoms with Crippen LogP contribution in [0.2, 0.25) is 0 Å². The molecule has 39 heavy (non-hydrogen) atoms. The lowest BCUT2D eigenvalue weighted by Crippen LogP contribution is -2.30. The quantitative estimate of drug-likeness (QED) is 0.179. The Balaban J connectivity index is 1.55. The molecule has 0 spiro atoms. The number of rotatable bonds is 10. The highest BCUT2D eigenvalue weighted by Gasteiger charge is 2.45. The Morgan fingerprint density at radius 3 is 2.54 bits per heavy atom. The molecule has 198 valence electrons. The number of ketones is 1. The van der Waals surface area contributed by atoms with Crippen LogP contribution in [-0.2, 0) is 9.59 Å². The molecule has 1 amide bonds. The molecule has 1 aromatic heterocycles. The minimum absolute atomic E-state index is 0.00340. The lowest BCUT2D eigenvalue weighted by molar-refractivity contribution is -0.117. The van der Waals surface area contributed by atoms with Gasteiger partial charge in [-0.2, -0.15) is 0 Å². The fourth-order valence-corrected chi connectivity index (χ4v) is 5.42. The third kappa shape index (κ3) is 5.42. The Labute approximate surface area is 230 Å². The first-order valence-corrected chi connectivity index (χ1v) is 13.5. The normalized spacial score (nSPS) is 15.5. The van der Waals surface area contributed by atoms with Crippen LogP contribution in [0.15, 0.2) is 90.2 Å². The highest BCUT2D eigenvalue weighted by Crippen LogP contribution is 2.44. The highest BCUT2D eigenvalue weighted by molar-refractivity contribution is 7.22. The monoisotopic (exact) mass is 540 g/mol. The number of amides is 1. The molecule has 3 aromatic carbocycles. The number of aliphatic hydroxyl groups excluding tert-OH is 1. The Morgan fingerprint density at radius 1 is 1.08 bits per heavy atom. The number of carbonyl (C=O) groups excluding carboxylic acids is 2. The summed E-state index contributed by atoms with van der Waals surface area (Å²) in [6, 6.07) is 21.2. The smallest absolute Gasteiger partial charge is 0.296 e. The van der Waals surface area contributed by atoms with Crippen molar-refractivity contribution in [2.45, 2.75) is 25.8 Å². The van der Waals surface area contributed by atoms with Crippen molar-refractivity contribution in [3.05, 3.63) is 101 Å². The third-order valence-corrected chi connectivity index (χ3v) is 7.47. The molecule has 1 aliphatic heterocycles. The van der Waals surface area contributed by atoms with E-state index >= 15 is 0 Å². The lowest BCUT2D eigenvalue weighted by atomic mass is 9.95. The van der Waals surface area contributed by atoms with Gasteiger partial charge in [0.2, 0.25) is 0 Å². The van der Waals surface area contributed by atoms with Crippen LogP contribution in [0.3, 0.4) is 0 Å². The van der Waals surface area contributed by atoms with Crippen LogP contribution in [0.25, 0.3) is 16.3 Å². The summed E-state index contributed by atoms with van der Waals surface area (Å²) in [6.45, 7) is 2.70. The zero-order chi connectivity index (χ0) is 27.4. The zero-order valence-corrected chi connectivity index (χ0v) is 22.5. The van der Waals surface area contributed by atoms with E-state index in [1.807, 2.05) is 66.7 Å². The van der Waals surface area contributed by atoms with Crippen molar-refractivity contribution in [3.8, 4) is 11.5 Å². The fraction of sp³-hybridized carbons (Fsp3) is 0.194. The minimum Gasteiger partial charge on any atom is -0.503 e. The van der Waals surface area contributed by atoms with Crippen LogP contribution >= 0.6 is 11.3 Å². The van der Waals surface area contributed by atoms with Crippen molar-refractivity contribution in [1.29, 1.82) is 0 Å². The molecular weight excluding hydrogens is 512 g/mol. The van der Waals surface area contributed by atoms with Crippen molar-refractivity contribution >= 4 is 44.5 Å². The average molecular weight is 541 g/mol. The van der Waals surface area contributed by atoms with Crippen LogP contribution in [-0.4, -0.2) is 35.5 Å². The van der Waals surface area contributed by atoms with Gasteiger partial charge in [0.25, 0.3) is 5.91 Å². The molecule has 1 atom stereocenters. The van der Waals surface area contributed by atoms with E-state index < -0.39 is 23.5 Å². The minimum atomic E-state index is -0.863. The molecule has 0 saturated heterocycles. The summed E-state index contributed by atoms with van der Waals surface area (Å²) in [6.07, 6.45) is 5.02. The average Bonchev–Trinajstić information content (AvgIpc) is 3.50. The number of aromatic nitrogens is 1. The number of hydrogen-bond donors (Lipinski definition) is 1. The molecule has 0 radical (unpaired) electrons. The van der Waals surface area contributed by atoms with Gasteiger partial charge in [0.05, 0.1) is 35.5 Å². The Hall–Kier alpha value is -4.43. The van der Waals surface area contributed by atoms with E-state index in [1.165, 1.54) is 22.3 Å². The molecule has 1 N–H and O–H groups in total. The molecule has 4 aromatic rings. The zero-order valence-electron chi connectivity index (χ0n) is 21.7. The van der Waals surface area contributed by atoms with Gasteiger partial charge in [-0.3, -0.25) is 14.5 Å². The number of fused-ring (bicyclic) bond motifs is 1. The maximum Gasteiger partial charge on any atom is 0.296 e. The van der Waals surface area contributed by atoms with Gasteiger partial charge in [-0.1, -0.05) is 73.2 Å². The number of thiazole rings is 1. The Bertz CT molecular complexity index is 1560. The Morgan fingerprint density at radius 2 is 1.82 bits per heavy atom. The lowest BCUT2D eigenvalue weighted by Gasteiger charge is -2.24. The van der Waals surface area contributed by atoms with E-state index in [9.17, 15) is 14.7 Å². The van der Waals surface area contributed by atoms with Gasteiger partial charge in [-0.15, -0.1) is 0 Å². The van der Waals surface area contributed by atoms with Crippen LogP contribution in [0, 0.1) is 0 Å². The number of unbranched alkanes of at least 4 members (excludes halogenated alkanes) is 1. The molecule has 0 saturated carbocycles. The number of methoxy groups -OCH3 is 1. The second-order valence-corrected chi connectivity index (χ2v) is 10.1. The SMILES string of the molecule is CCCCOc1ccc(C2C(C(=O)/C=C/c3ccccc3)=C(O)C(=O)N2c2nc3ccc(OC)cc3s2)cc1. The van der Waals surface area contributed by atoms with Gasteiger partial charge in [0, 0.05) is 0 Å². The molecule has 1 aliphatic rings. The van der Waals surface area contributed by atoms with Crippen LogP contribution in [0.4, 0.5) is 5.13 Å². The van der Waals surface area contributed by atoms with E-state index in [-0.39, 0.29) is 5.57 Å². The van der Waals surface area contributed by atoms with Crippen LogP contribution < -0.4 is 14.4 Å². The fourth-order valence-electron chi connectivity index (χ4n) is 4.40. The molecule has 0 aliphatic carbocycles. The van der Waals surface area contributed by atoms with Gasteiger partial charge < -0.3 is 14.6 Å². The summed E-state index contributed by atoms with van der Waals surface area (Å²) in [5.41, 5.74) is 2.18. The topological polar surface area (TPSA) is 89.0 Å². The summed E-state index contributed by atoms with van der Waals surface area (Å²) < 4.78 is 11.9. The van der Waals surface area contributed by atoms with Crippen molar-refractivity contribution in [3.63, 3.8) is 0 Å². The van der Waals surface area contributed by atoms with Crippen molar-refractivity contribution in [2.75, 3.05) is 18.6 Å². The number of anilines is 1. The third-order valence-electron chi connectivity index (χ3n) is 6.45. The molecular formula is C31H28N2O5S. The van der Waals surface area contributed by atoms with E-state index in [2.05, 4.69) is 11.9 Å². The maximum absolute atomic E-state index is 13.5. The summed E-state index contributed by atoms with van der Waals surface area (Å²) in [7, 11) is 1.58. The summed E-state index contributed by atoms with van der Waals surface area (Å²) in [5, 5.41) is 11.4. The summed E-state index contributed by atoms with van der Waals surface area (Å²) >= 11 is 1.29. The molecule has 2 heterocycles. The second-order valence-electron chi connectivity index (χ2n) is 9.05. The Kier molecular flexibility index (Phi) is 7.74. The first-order valence-electron chi connectivity index (χ1n) is 12.7. The van der Waals surface area contributed by atoms with Gasteiger partial charge in [-0.25, -0.2) is 4.98 Å². The van der Waals surface area contributed by atoms with Gasteiger partial charge >= 0.3 is 0 Å². The number of nitrogens with zero attached hydrogens (tertiary/aromatic N) is 2. The van der Waals surface area contributed by atoms with Gasteiger partial charge in [-0.05, 0) is 54.0 Å². The molecule has 0 fully saturated rings. The summed E-state index contributed by atoms with van der Waals surface area (Å²) in [4.78, 5) is 33.0. The number of ether oxygens (including phenoxy) is 2. The van der Waals surface area contributed by atoms with E-state index in [0.717, 1.165) is 23.1 Å². The molecule has 1 unspecified atom stereocenters. The molecule has 0 bridgehead atoms. The maximum atomic E-state index is 13.5. The molecule has 7 nitrogen and oxygen atoms in total. The number of benzene rings is 3. The van der Waals surface area contributed by atoms with Crippen molar-refractivity contribution in [2.24, 2.45) is 0 Å².